The normalized spacial score (nSPS) is 14.4. The number of halogens is 1. The molecule has 0 bridgehead atoms. The average molecular weight is 491 g/mol. The van der Waals surface area contributed by atoms with E-state index >= 15 is 0 Å². The quantitative estimate of drug-likeness (QED) is 0.529. The highest BCUT2D eigenvalue weighted by Gasteiger charge is 2.42. The first-order valence-electron chi connectivity index (χ1n) is 9.93. The van der Waals surface area contributed by atoms with Crippen LogP contribution in [0.3, 0.4) is 0 Å². The summed E-state index contributed by atoms with van der Waals surface area (Å²) >= 11 is 6.35. The number of carboxylic acids is 2. The number of rotatable bonds is 4. The lowest BCUT2D eigenvalue weighted by Gasteiger charge is -2.19. The molecule has 11 heteroatoms. The van der Waals surface area contributed by atoms with Crippen LogP contribution in [-0.2, 0) is 0 Å². The van der Waals surface area contributed by atoms with Crippen LogP contribution >= 0.6 is 11.6 Å². The molecule has 2 aliphatic rings. The van der Waals surface area contributed by atoms with Crippen LogP contribution in [0.2, 0.25) is 5.02 Å². The predicted molar refractivity (Wildman–Crippen MR) is 121 cm³/mol. The molecule has 0 saturated heterocycles. The zero-order chi connectivity index (χ0) is 25.2. The number of amides is 4. The van der Waals surface area contributed by atoms with Crippen molar-refractivity contribution < 1.29 is 39.0 Å². The molecule has 0 saturated carbocycles. The number of imide groups is 2. The zero-order valence-electron chi connectivity index (χ0n) is 17.3. The van der Waals surface area contributed by atoms with Crippen molar-refractivity contribution in [2.24, 2.45) is 0 Å². The van der Waals surface area contributed by atoms with Crippen molar-refractivity contribution in [1.29, 1.82) is 0 Å². The van der Waals surface area contributed by atoms with Crippen LogP contribution in [0, 0.1) is 0 Å². The molecule has 0 atom stereocenters. The molecule has 0 spiro atoms. The van der Waals surface area contributed by atoms with E-state index in [0.29, 0.717) is 4.90 Å². The Morgan fingerprint density at radius 2 is 1.14 bits per heavy atom. The summed E-state index contributed by atoms with van der Waals surface area (Å²) in [6, 6.07) is 11.4. The molecule has 0 aliphatic carbocycles. The van der Waals surface area contributed by atoms with E-state index in [1.807, 2.05) is 0 Å². The molecule has 5 rings (SSSR count). The maximum Gasteiger partial charge on any atom is 0.336 e. The van der Waals surface area contributed by atoms with Crippen LogP contribution in [0.4, 0.5) is 11.4 Å². The maximum atomic E-state index is 13.0. The lowest BCUT2D eigenvalue weighted by Crippen LogP contribution is -2.31. The van der Waals surface area contributed by atoms with E-state index in [9.17, 15) is 39.0 Å². The number of carbonyl (C=O) groups excluding carboxylic acids is 4. The summed E-state index contributed by atoms with van der Waals surface area (Å²) in [5, 5.41) is 18.6. The number of nitrogens with zero attached hydrogens (tertiary/aromatic N) is 2. The topological polar surface area (TPSA) is 149 Å². The molecule has 0 fully saturated rings. The second kappa shape index (κ2) is 7.61. The SMILES string of the molecule is O=C(O)c1cccc2c1C(=O)N(c1ccc(N3C(=O)c4cccc(C(=O)O)c4C3=O)c(Cl)c1)C2=O. The van der Waals surface area contributed by atoms with Gasteiger partial charge in [0.05, 0.1) is 49.8 Å². The molecule has 172 valence electrons. The average Bonchev–Trinajstić information content (AvgIpc) is 3.23. The van der Waals surface area contributed by atoms with E-state index in [0.717, 1.165) is 4.90 Å². The Morgan fingerprint density at radius 1 is 0.657 bits per heavy atom. The van der Waals surface area contributed by atoms with Crippen LogP contribution in [-0.4, -0.2) is 45.8 Å². The van der Waals surface area contributed by atoms with E-state index in [2.05, 4.69) is 0 Å². The van der Waals surface area contributed by atoms with Gasteiger partial charge in [0.2, 0.25) is 0 Å². The van der Waals surface area contributed by atoms with Crippen molar-refractivity contribution in [3.8, 4) is 0 Å². The highest BCUT2D eigenvalue weighted by molar-refractivity contribution is 6.41. The highest BCUT2D eigenvalue weighted by Crippen LogP contribution is 2.38. The fraction of sp³-hybridized carbons (Fsp3) is 0. The van der Waals surface area contributed by atoms with Gasteiger partial charge >= 0.3 is 11.9 Å². The van der Waals surface area contributed by atoms with Crippen molar-refractivity contribution in [1.82, 2.24) is 0 Å². The van der Waals surface area contributed by atoms with Crippen molar-refractivity contribution in [2.45, 2.75) is 0 Å². The number of carbonyl (C=O) groups is 6. The molecule has 2 aliphatic heterocycles. The van der Waals surface area contributed by atoms with Gasteiger partial charge in [-0.2, -0.15) is 0 Å². The molecule has 2 N–H and O–H groups in total. The van der Waals surface area contributed by atoms with Crippen molar-refractivity contribution >= 4 is 58.5 Å². The number of anilines is 2. The molecule has 0 unspecified atom stereocenters. The monoisotopic (exact) mass is 490 g/mol. The van der Waals surface area contributed by atoms with Gasteiger partial charge in [0, 0.05) is 0 Å². The third kappa shape index (κ3) is 3.04. The van der Waals surface area contributed by atoms with Gasteiger partial charge in [-0.15, -0.1) is 0 Å². The molecule has 3 aromatic rings. The van der Waals surface area contributed by atoms with Gasteiger partial charge in [-0.1, -0.05) is 23.7 Å². The molecule has 4 amide bonds. The van der Waals surface area contributed by atoms with Gasteiger partial charge in [-0.05, 0) is 42.5 Å². The van der Waals surface area contributed by atoms with E-state index < -0.39 is 35.6 Å². The summed E-state index contributed by atoms with van der Waals surface area (Å²) < 4.78 is 0. The molecule has 0 aromatic heterocycles. The summed E-state index contributed by atoms with van der Waals surface area (Å²) in [5.41, 5.74) is -1.47. The van der Waals surface area contributed by atoms with Gasteiger partial charge in [0.1, 0.15) is 0 Å². The number of fused-ring (bicyclic) bond motifs is 2. The molecule has 10 nitrogen and oxygen atoms in total. The van der Waals surface area contributed by atoms with Crippen LogP contribution in [0.1, 0.15) is 62.1 Å². The van der Waals surface area contributed by atoms with Crippen LogP contribution < -0.4 is 9.80 Å². The fourth-order valence-corrected chi connectivity index (χ4v) is 4.46. The number of benzene rings is 3. The van der Waals surface area contributed by atoms with E-state index in [-0.39, 0.29) is 49.8 Å². The Balaban J connectivity index is 1.54. The second-order valence-corrected chi connectivity index (χ2v) is 8.00. The molecular formula is C24H11ClN2O8. The van der Waals surface area contributed by atoms with Gasteiger partial charge in [0.15, 0.2) is 0 Å². The number of aromatic carboxylic acids is 2. The van der Waals surface area contributed by atoms with Crippen molar-refractivity contribution in [3.63, 3.8) is 0 Å². The lowest BCUT2D eigenvalue weighted by atomic mass is 10.0. The summed E-state index contributed by atoms with van der Waals surface area (Å²) in [5.74, 6) is -6.04. The minimum absolute atomic E-state index is 0.0101. The molecule has 3 aromatic carbocycles. The van der Waals surface area contributed by atoms with Crippen molar-refractivity contribution in [3.05, 3.63) is 93.0 Å². The molecule has 35 heavy (non-hydrogen) atoms. The van der Waals surface area contributed by atoms with E-state index in [1.54, 1.807) is 0 Å². The molecular weight excluding hydrogens is 480 g/mol. The Morgan fingerprint density at radius 3 is 1.63 bits per heavy atom. The molecule has 2 heterocycles. The lowest BCUT2D eigenvalue weighted by molar-refractivity contribution is 0.0683. The van der Waals surface area contributed by atoms with Gasteiger partial charge in [0.25, 0.3) is 23.6 Å². The maximum absolute atomic E-state index is 13.0. The smallest absolute Gasteiger partial charge is 0.336 e. The predicted octanol–water partition coefficient (Wildman–Crippen LogP) is 3.34. The van der Waals surface area contributed by atoms with Crippen LogP contribution in [0.15, 0.2) is 54.6 Å². The number of carboxylic acid groups (broad SMARTS) is 2. The number of hydrogen-bond donors (Lipinski definition) is 2. The largest absolute Gasteiger partial charge is 0.478 e. The van der Waals surface area contributed by atoms with E-state index in [1.165, 1.54) is 54.6 Å². The third-order valence-corrected chi connectivity index (χ3v) is 6.02. The minimum Gasteiger partial charge on any atom is -0.478 e. The Labute approximate surface area is 200 Å². The van der Waals surface area contributed by atoms with E-state index in [4.69, 9.17) is 11.6 Å². The summed E-state index contributed by atoms with van der Waals surface area (Å²) in [6.45, 7) is 0. The second-order valence-electron chi connectivity index (χ2n) is 7.59. The van der Waals surface area contributed by atoms with Crippen LogP contribution in [0.25, 0.3) is 0 Å². The number of hydrogen-bond acceptors (Lipinski definition) is 6. The summed E-state index contributed by atoms with van der Waals surface area (Å²) in [4.78, 5) is 76.2. The first-order chi connectivity index (χ1) is 16.6. The first kappa shape index (κ1) is 22.0. The van der Waals surface area contributed by atoms with Gasteiger partial charge in [-0.25, -0.2) is 19.4 Å². The highest BCUT2D eigenvalue weighted by atomic mass is 35.5. The zero-order valence-corrected chi connectivity index (χ0v) is 18.1. The fourth-order valence-electron chi connectivity index (χ4n) is 4.20. The molecule has 0 radical (unpaired) electrons. The Bertz CT molecular complexity index is 1560. The van der Waals surface area contributed by atoms with Crippen LogP contribution in [0.5, 0.6) is 0 Å². The van der Waals surface area contributed by atoms with Crippen molar-refractivity contribution in [2.75, 3.05) is 9.80 Å². The standard InChI is InChI=1S/C24H11ClN2O8/c25-15-9-10(26-19(28)11-3-1-5-13(23(32)33)17(11)21(26)30)7-8-16(15)27-20(29)12-4-2-6-14(24(34)35)18(12)22(27)31/h1-9H,(H,32,33)(H,34,35). The first-order valence-corrected chi connectivity index (χ1v) is 10.3. The van der Waals surface area contributed by atoms with Gasteiger partial charge < -0.3 is 10.2 Å². The van der Waals surface area contributed by atoms with Gasteiger partial charge in [-0.3, -0.25) is 19.2 Å². The summed E-state index contributed by atoms with van der Waals surface area (Å²) in [6.07, 6.45) is 0. The third-order valence-electron chi connectivity index (χ3n) is 5.72. The Hall–Kier alpha value is -4.83. The minimum atomic E-state index is -1.38. The summed E-state index contributed by atoms with van der Waals surface area (Å²) in [7, 11) is 0. The Kier molecular flexibility index (Phi) is 4.78.